The molecule has 0 fully saturated rings. The molecule has 0 bridgehead atoms. The van der Waals surface area contributed by atoms with Gasteiger partial charge in [-0.05, 0) is 48.5 Å². The van der Waals surface area contributed by atoms with Gasteiger partial charge in [-0.25, -0.2) is 4.39 Å². The van der Waals surface area contributed by atoms with Gasteiger partial charge in [-0.2, -0.15) is 0 Å². The van der Waals surface area contributed by atoms with Crippen molar-refractivity contribution in [3.05, 3.63) is 101 Å². The van der Waals surface area contributed by atoms with Crippen LogP contribution in [0.4, 0.5) is 21.5 Å². The Morgan fingerprint density at radius 3 is 2.32 bits per heavy atom. The summed E-state index contributed by atoms with van der Waals surface area (Å²) in [7, 11) is 0. The minimum atomic E-state index is -0.500. The molecule has 0 radical (unpaired) electrons. The summed E-state index contributed by atoms with van der Waals surface area (Å²) in [6.45, 7) is 0.336. The van der Waals surface area contributed by atoms with Crippen molar-refractivity contribution in [2.24, 2.45) is 0 Å². The minimum Gasteiger partial charge on any atom is -0.378 e. The Morgan fingerprint density at radius 1 is 0.971 bits per heavy atom. The number of rotatable bonds is 9. The van der Waals surface area contributed by atoms with Gasteiger partial charge in [-0.1, -0.05) is 30.0 Å². The lowest BCUT2D eigenvalue weighted by atomic mass is 10.3. The van der Waals surface area contributed by atoms with Crippen LogP contribution < -0.4 is 10.6 Å². The Kier molecular flexibility index (Phi) is 7.13. The average Bonchev–Trinajstić information content (AvgIpc) is 3.26. The van der Waals surface area contributed by atoms with Crippen LogP contribution in [0.2, 0.25) is 0 Å². The van der Waals surface area contributed by atoms with Crippen molar-refractivity contribution in [1.82, 2.24) is 14.8 Å². The van der Waals surface area contributed by atoms with Gasteiger partial charge >= 0.3 is 0 Å². The van der Waals surface area contributed by atoms with Crippen LogP contribution in [-0.4, -0.2) is 31.3 Å². The molecule has 3 aromatic carbocycles. The largest absolute Gasteiger partial charge is 0.378 e. The first kappa shape index (κ1) is 22.9. The highest BCUT2D eigenvalue weighted by Gasteiger charge is 2.16. The third-order valence-electron chi connectivity index (χ3n) is 4.70. The summed E-state index contributed by atoms with van der Waals surface area (Å²) >= 11 is 1.21. The molecule has 0 aliphatic rings. The minimum absolute atomic E-state index is 0.0508. The van der Waals surface area contributed by atoms with Gasteiger partial charge in [0.05, 0.1) is 17.2 Å². The number of anilines is 2. The molecular formula is C23H19FN6O3S. The van der Waals surface area contributed by atoms with Gasteiger partial charge in [0.2, 0.25) is 5.91 Å². The van der Waals surface area contributed by atoms with E-state index in [4.69, 9.17) is 0 Å². The summed E-state index contributed by atoms with van der Waals surface area (Å²) in [6, 6.07) is 21.1. The molecule has 2 N–H and O–H groups in total. The van der Waals surface area contributed by atoms with E-state index in [1.54, 1.807) is 12.1 Å². The van der Waals surface area contributed by atoms with Crippen molar-refractivity contribution < 1.29 is 14.1 Å². The van der Waals surface area contributed by atoms with Crippen LogP contribution in [0.3, 0.4) is 0 Å². The predicted octanol–water partition coefficient (Wildman–Crippen LogP) is 4.66. The molecule has 0 saturated heterocycles. The molecule has 0 saturated carbocycles. The van der Waals surface area contributed by atoms with Gasteiger partial charge in [0.1, 0.15) is 5.82 Å². The van der Waals surface area contributed by atoms with E-state index in [9.17, 15) is 19.3 Å². The Labute approximate surface area is 198 Å². The molecule has 0 aliphatic heterocycles. The summed E-state index contributed by atoms with van der Waals surface area (Å²) in [5.74, 6) is 0.0813. The second-order valence-corrected chi connectivity index (χ2v) is 8.01. The maximum Gasteiger partial charge on any atom is 0.269 e. The van der Waals surface area contributed by atoms with Crippen molar-refractivity contribution in [3.63, 3.8) is 0 Å². The van der Waals surface area contributed by atoms with Crippen molar-refractivity contribution >= 4 is 34.7 Å². The fourth-order valence-electron chi connectivity index (χ4n) is 3.09. The fraction of sp³-hybridized carbons (Fsp3) is 0.0870. The number of nitrogens with one attached hydrogen (secondary N) is 2. The Bertz CT molecular complexity index is 1280. The topological polar surface area (TPSA) is 115 Å². The molecule has 4 rings (SSSR count). The zero-order valence-corrected chi connectivity index (χ0v) is 18.5. The van der Waals surface area contributed by atoms with Crippen LogP contribution in [0.5, 0.6) is 0 Å². The van der Waals surface area contributed by atoms with E-state index in [-0.39, 0.29) is 23.2 Å². The molecule has 4 aromatic rings. The summed E-state index contributed by atoms with van der Waals surface area (Å²) in [5.41, 5.74) is 1.98. The lowest BCUT2D eigenvalue weighted by molar-refractivity contribution is -0.384. The first-order valence-electron chi connectivity index (χ1n) is 10.2. The van der Waals surface area contributed by atoms with Crippen molar-refractivity contribution in [2.75, 3.05) is 16.4 Å². The average molecular weight is 479 g/mol. The molecule has 9 nitrogen and oxygen atoms in total. The number of para-hydroxylation sites is 1. The first-order valence-corrected chi connectivity index (χ1v) is 11.1. The van der Waals surface area contributed by atoms with Gasteiger partial charge in [-0.3, -0.25) is 19.5 Å². The van der Waals surface area contributed by atoms with Crippen molar-refractivity contribution in [2.45, 2.75) is 11.7 Å². The number of amides is 1. The van der Waals surface area contributed by atoms with E-state index >= 15 is 0 Å². The lowest BCUT2D eigenvalue weighted by Crippen LogP contribution is -2.15. The highest BCUT2D eigenvalue weighted by Crippen LogP contribution is 2.23. The lowest BCUT2D eigenvalue weighted by Gasteiger charge is -2.11. The van der Waals surface area contributed by atoms with E-state index in [2.05, 4.69) is 20.8 Å². The number of carbonyl (C=O) groups excluding carboxylic acids is 1. The van der Waals surface area contributed by atoms with Gasteiger partial charge < -0.3 is 10.6 Å². The molecule has 172 valence electrons. The van der Waals surface area contributed by atoms with E-state index in [0.717, 1.165) is 11.4 Å². The number of nitro groups is 1. The van der Waals surface area contributed by atoms with Crippen LogP contribution in [0.1, 0.15) is 5.82 Å². The second-order valence-electron chi connectivity index (χ2n) is 7.07. The number of halogens is 1. The van der Waals surface area contributed by atoms with Crippen molar-refractivity contribution in [1.29, 1.82) is 0 Å². The zero-order valence-electron chi connectivity index (χ0n) is 17.7. The molecule has 0 unspecified atom stereocenters. The Balaban J connectivity index is 1.45. The quantitative estimate of drug-likeness (QED) is 0.204. The molecule has 0 aliphatic carbocycles. The molecule has 1 heterocycles. The number of hydrogen-bond donors (Lipinski definition) is 2. The van der Waals surface area contributed by atoms with Crippen LogP contribution in [0.25, 0.3) is 5.69 Å². The molecule has 1 amide bonds. The summed E-state index contributed by atoms with van der Waals surface area (Å²) in [4.78, 5) is 22.7. The monoisotopic (exact) mass is 478 g/mol. The number of non-ortho nitro benzene ring substituents is 1. The summed E-state index contributed by atoms with van der Waals surface area (Å²) < 4.78 is 15.0. The number of hydrogen-bond acceptors (Lipinski definition) is 7. The number of aromatic nitrogens is 3. The van der Waals surface area contributed by atoms with Crippen molar-refractivity contribution in [3.8, 4) is 5.69 Å². The molecule has 0 spiro atoms. The van der Waals surface area contributed by atoms with E-state index in [0.29, 0.717) is 23.2 Å². The van der Waals surface area contributed by atoms with Crippen LogP contribution >= 0.6 is 11.8 Å². The van der Waals surface area contributed by atoms with E-state index in [1.165, 1.54) is 48.2 Å². The molecule has 34 heavy (non-hydrogen) atoms. The summed E-state index contributed by atoms with van der Waals surface area (Å²) in [6.07, 6.45) is 0. The maximum absolute atomic E-state index is 13.2. The smallest absolute Gasteiger partial charge is 0.269 e. The molecule has 1 aromatic heterocycles. The van der Waals surface area contributed by atoms with E-state index in [1.807, 2.05) is 34.9 Å². The fourth-order valence-corrected chi connectivity index (χ4v) is 3.86. The number of thioether (sulfide) groups is 1. The maximum atomic E-state index is 13.2. The number of nitro benzene ring substituents is 1. The number of nitrogens with zero attached hydrogens (tertiary/aromatic N) is 4. The third-order valence-corrected chi connectivity index (χ3v) is 5.63. The number of carbonyl (C=O) groups is 1. The second kappa shape index (κ2) is 10.6. The standard InChI is InChI=1S/C23H19FN6O3S/c24-16-6-8-17(9-7-16)25-14-21-27-28-23(29(21)19-4-2-1-3-5-19)34-15-22(31)26-18-10-12-20(13-11-18)30(32)33/h1-13,25H,14-15H2,(H,26,31). The van der Waals surface area contributed by atoms with Gasteiger partial charge in [0.25, 0.3) is 5.69 Å². The highest BCUT2D eigenvalue weighted by molar-refractivity contribution is 7.99. The predicted molar refractivity (Wildman–Crippen MR) is 128 cm³/mol. The van der Waals surface area contributed by atoms with Gasteiger partial charge in [0, 0.05) is 29.2 Å². The Morgan fingerprint density at radius 2 is 1.65 bits per heavy atom. The normalized spacial score (nSPS) is 10.6. The molecule has 11 heteroatoms. The zero-order chi connectivity index (χ0) is 23.9. The molecular weight excluding hydrogens is 459 g/mol. The first-order chi connectivity index (χ1) is 16.5. The number of benzene rings is 3. The third kappa shape index (κ3) is 5.75. The Hall–Kier alpha value is -4.25. The van der Waals surface area contributed by atoms with E-state index < -0.39 is 4.92 Å². The SMILES string of the molecule is O=C(CSc1nnc(CNc2ccc(F)cc2)n1-c1ccccc1)Nc1ccc([N+](=O)[O-])cc1. The van der Waals surface area contributed by atoms with Gasteiger partial charge in [0.15, 0.2) is 11.0 Å². The molecule has 0 atom stereocenters. The van der Waals surface area contributed by atoms with Gasteiger partial charge in [-0.15, -0.1) is 10.2 Å². The van der Waals surface area contributed by atoms with Crippen LogP contribution in [-0.2, 0) is 11.3 Å². The summed E-state index contributed by atoms with van der Waals surface area (Å²) in [5, 5.41) is 25.7. The van der Waals surface area contributed by atoms with Crippen LogP contribution in [0.15, 0.2) is 84.0 Å². The van der Waals surface area contributed by atoms with Crippen LogP contribution in [0, 0.1) is 15.9 Å². The highest BCUT2D eigenvalue weighted by atomic mass is 32.2.